The van der Waals surface area contributed by atoms with Crippen molar-refractivity contribution >= 4 is 21.6 Å². The van der Waals surface area contributed by atoms with Crippen LogP contribution in [0.1, 0.15) is 34.5 Å². The number of methoxy groups -OCH3 is 1. The number of ether oxygens (including phenoxy) is 3. The molecule has 8 nitrogen and oxygen atoms in total. The molecular formula is C25H26N2O6S. The number of benzene rings is 3. The standard InChI is InChI=1S/C25H26N2O6S/c1-16-4-8-20(9-5-16)27-34(29,30)24-15-19(7-11-22(24)31-3)25(28)26-17(2)18-6-10-21-23(14-18)33-13-12-32-21/h4-11,14-15,17,27H,12-13H2,1-3H3,(H,26,28)/t17-/m0/s1. The Morgan fingerprint density at radius 1 is 0.971 bits per heavy atom. The summed E-state index contributed by atoms with van der Waals surface area (Å²) in [7, 11) is -2.62. The third kappa shape index (κ3) is 5.09. The first kappa shape index (κ1) is 23.4. The van der Waals surface area contributed by atoms with Crippen molar-refractivity contribution in [2.45, 2.75) is 24.8 Å². The zero-order valence-corrected chi connectivity index (χ0v) is 19.9. The number of amides is 1. The SMILES string of the molecule is COc1ccc(C(=O)N[C@@H](C)c2ccc3c(c2)OCCO3)cc1S(=O)(=O)Nc1ccc(C)cc1. The van der Waals surface area contributed by atoms with E-state index in [4.69, 9.17) is 14.2 Å². The van der Waals surface area contributed by atoms with Gasteiger partial charge in [-0.15, -0.1) is 0 Å². The summed E-state index contributed by atoms with van der Waals surface area (Å²) >= 11 is 0. The van der Waals surface area contributed by atoms with E-state index in [-0.39, 0.29) is 22.3 Å². The lowest BCUT2D eigenvalue weighted by atomic mass is 10.1. The van der Waals surface area contributed by atoms with Gasteiger partial charge in [0.05, 0.1) is 13.2 Å². The van der Waals surface area contributed by atoms with Crippen molar-refractivity contribution in [3.05, 3.63) is 77.4 Å². The molecule has 0 spiro atoms. The van der Waals surface area contributed by atoms with E-state index >= 15 is 0 Å². The Morgan fingerprint density at radius 3 is 2.38 bits per heavy atom. The van der Waals surface area contributed by atoms with Crippen LogP contribution in [0.3, 0.4) is 0 Å². The highest BCUT2D eigenvalue weighted by atomic mass is 32.2. The van der Waals surface area contributed by atoms with Gasteiger partial charge in [0, 0.05) is 11.3 Å². The number of aryl methyl sites for hydroxylation is 1. The van der Waals surface area contributed by atoms with Gasteiger partial charge >= 0.3 is 0 Å². The van der Waals surface area contributed by atoms with Crippen LogP contribution in [0.2, 0.25) is 0 Å². The summed E-state index contributed by atoms with van der Waals surface area (Å²) in [6, 6.07) is 16.4. The maximum Gasteiger partial charge on any atom is 0.265 e. The van der Waals surface area contributed by atoms with Crippen LogP contribution in [0.5, 0.6) is 17.2 Å². The van der Waals surface area contributed by atoms with Crippen LogP contribution in [0.4, 0.5) is 5.69 Å². The Kier molecular flexibility index (Phi) is 6.65. The molecule has 2 N–H and O–H groups in total. The quantitative estimate of drug-likeness (QED) is 0.526. The number of hydrogen-bond acceptors (Lipinski definition) is 6. The van der Waals surface area contributed by atoms with E-state index in [1.165, 1.54) is 25.3 Å². The first-order chi connectivity index (χ1) is 16.3. The molecule has 1 heterocycles. The fraction of sp³-hybridized carbons (Fsp3) is 0.240. The van der Waals surface area contributed by atoms with E-state index in [1.54, 1.807) is 30.3 Å². The molecule has 1 aliphatic heterocycles. The average Bonchev–Trinajstić information content (AvgIpc) is 2.84. The monoisotopic (exact) mass is 482 g/mol. The second-order valence-corrected chi connectivity index (χ2v) is 9.59. The zero-order valence-electron chi connectivity index (χ0n) is 19.1. The number of rotatable bonds is 7. The molecule has 0 bridgehead atoms. The van der Waals surface area contributed by atoms with E-state index in [9.17, 15) is 13.2 Å². The number of anilines is 1. The Morgan fingerprint density at radius 2 is 1.68 bits per heavy atom. The molecular weight excluding hydrogens is 456 g/mol. The van der Waals surface area contributed by atoms with Gasteiger partial charge < -0.3 is 19.5 Å². The molecule has 178 valence electrons. The lowest BCUT2D eigenvalue weighted by molar-refractivity contribution is 0.0939. The van der Waals surface area contributed by atoms with Crippen LogP contribution < -0.4 is 24.2 Å². The predicted octanol–water partition coefficient (Wildman–Crippen LogP) is 4.07. The number of carbonyl (C=O) groups excluding carboxylic acids is 1. The van der Waals surface area contributed by atoms with E-state index in [1.807, 2.05) is 26.0 Å². The largest absolute Gasteiger partial charge is 0.495 e. The summed E-state index contributed by atoms with van der Waals surface area (Å²) in [6.45, 7) is 4.72. The Balaban J connectivity index is 1.55. The average molecular weight is 483 g/mol. The highest BCUT2D eigenvalue weighted by molar-refractivity contribution is 7.92. The maximum absolute atomic E-state index is 13.1. The first-order valence-corrected chi connectivity index (χ1v) is 12.2. The minimum absolute atomic E-state index is 0.129. The molecule has 0 unspecified atom stereocenters. The summed E-state index contributed by atoms with van der Waals surface area (Å²) < 4.78 is 45.1. The minimum Gasteiger partial charge on any atom is -0.495 e. The van der Waals surface area contributed by atoms with Gasteiger partial charge in [-0.05, 0) is 61.9 Å². The molecule has 0 fully saturated rings. The molecule has 34 heavy (non-hydrogen) atoms. The molecule has 1 atom stereocenters. The van der Waals surface area contributed by atoms with E-state index < -0.39 is 15.9 Å². The maximum atomic E-state index is 13.1. The first-order valence-electron chi connectivity index (χ1n) is 10.7. The van der Waals surface area contributed by atoms with E-state index in [0.29, 0.717) is 30.4 Å². The lowest BCUT2D eigenvalue weighted by Gasteiger charge is -2.21. The number of fused-ring (bicyclic) bond motifs is 1. The molecule has 0 radical (unpaired) electrons. The van der Waals surface area contributed by atoms with Crippen molar-refractivity contribution in [1.29, 1.82) is 0 Å². The molecule has 0 aromatic heterocycles. The van der Waals surface area contributed by atoms with Crippen molar-refractivity contribution in [2.75, 3.05) is 25.0 Å². The zero-order chi connectivity index (χ0) is 24.3. The topological polar surface area (TPSA) is 103 Å². The van der Waals surface area contributed by atoms with Gasteiger partial charge in [0.2, 0.25) is 0 Å². The van der Waals surface area contributed by atoms with Crippen LogP contribution in [-0.2, 0) is 10.0 Å². The van der Waals surface area contributed by atoms with Crippen molar-refractivity contribution in [3.63, 3.8) is 0 Å². The third-order valence-electron chi connectivity index (χ3n) is 5.43. The molecule has 0 saturated heterocycles. The summed E-state index contributed by atoms with van der Waals surface area (Å²) in [4.78, 5) is 12.8. The summed E-state index contributed by atoms with van der Waals surface area (Å²) in [5, 5.41) is 2.90. The van der Waals surface area contributed by atoms with Gasteiger partial charge in [-0.25, -0.2) is 8.42 Å². The minimum atomic E-state index is -4.00. The normalized spacial score (nSPS) is 13.6. The second kappa shape index (κ2) is 9.64. The lowest BCUT2D eigenvalue weighted by Crippen LogP contribution is -2.27. The smallest absolute Gasteiger partial charge is 0.265 e. The molecule has 0 aliphatic carbocycles. The van der Waals surface area contributed by atoms with Crippen molar-refractivity contribution < 1.29 is 27.4 Å². The summed E-state index contributed by atoms with van der Waals surface area (Å²) in [5.41, 5.74) is 2.44. The molecule has 1 aliphatic rings. The van der Waals surface area contributed by atoms with Crippen LogP contribution in [0, 0.1) is 6.92 Å². The van der Waals surface area contributed by atoms with Gasteiger partial charge in [-0.2, -0.15) is 0 Å². The van der Waals surface area contributed by atoms with Crippen molar-refractivity contribution in [2.24, 2.45) is 0 Å². The van der Waals surface area contributed by atoms with Gasteiger partial charge in [-0.3, -0.25) is 9.52 Å². The number of nitrogens with one attached hydrogen (secondary N) is 2. The Labute approximate surface area is 198 Å². The second-order valence-electron chi connectivity index (χ2n) is 7.94. The molecule has 1 amide bonds. The van der Waals surface area contributed by atoms with Crippen LogP contribution >= 0.6 is 0 Å². The van der Waals surface area contributed by atoms with E-state index in [0.717, 1.165) is 11.1 Å². The van der Waals surface area contributed by atoms with Crippen LogP contribution in [0.15, 0.2) is 65.6 Å². The fourth-order valence-corrected chi connectivity index (χ4v) is 4.81. The molecule has 0 saturated carbocycles. The number of carbonyl (C=O) groups is 1. The highest BCUT2D eigenvalue weighted by Crippen LogP contribution is 2.33. The van der Waals surface area contributed by atoms with E-state index in [2.05, 4.69) is 10.0 Å². The van der Waals surface area contributed by atoms with Gasteiger partial charge in [0.25, 0.3) is 15.9 Å². The van der Waals surface area contributed by atoms with Gasteiger partial charge in [-0.1, -0.05) is 23.8 Å². The van der Waals surface area contributed by atoms with Gasteiger partial charge in [0.1, 0.15) is 23.9 Å². The summed E-state index contributed by atoms with van der Waals surface area (Å²) in [6.07, 6.45) is 0. The number of hydrogen-bond donors (Lipinski definition) is 2. The molecule has 3 aromatic rings. The molecule has 9 heteroatoms. The van der Waals surface area contributed by atoms with Crippen LogP contribution in [0.25, 0.3) is 0 Å². The summed E-state index contributed by atoms with van der Waals surface area (Å²) in [5.74, 6) is 1.01. The van der Waals surface area contributed by atoms with Crippen LogP contribution in [-0.4, -0.2) is 34.6 Å². The van der Waals surface area contributed by atoms with Gasteiger partial charge in [0.15, 0.2) is 11.5 Å². The molecule has 3 aromatic carbocycles. The van der Waals surface area contributed by atoms with Crippen molar-refractivity contribution in [1.82, 2.24) is 5.32 Å². The van der Waals surface area contributed by atoms with Crippen molar-refractivity contribution in [3.8, 4) is 17.2 Å². The Hall–Kier alpha value is -3.72. The Bertz CT molecular complexity index is 1310. The molecule has 4 rings (SSSR count). The number of sulfonamides is 1. The predicted molar refractivity (Wildman–Crippen MR) is 128 cm³/mol. The fourth-order valence-electron chi connectivity index (χ4n) is 3.55. The highest BCUT2D eigenvalue weighted by Gasteiger charge is 2.23. The third-order valence-corrected chi connectivity index (χ3v) is 6.84.